The molecule has 2 saturated carbocycles. The zero-order valence-electron chi connectivity index (χ0n) is 15.9. The molecule has 0 unspecified atom stereocenters. The molecule has 28 heavy (non-hydrogen) atoms. The van der Waals surface area contributed by atoms with Crippen LogP contribution in [0.1, 0.15) is 62.3 Å². The zero-order chi connectivity index (χ0) is 19.4. The summed E-state index contributed by atoms with van der Waals surface area (Å²) in [6, 6.07) is 12.6. The van der Waals surface area contributed by atoms with Crippen LogP contribution in [0.25, 0.3) is 0 Å². The van der Waals surface area contributed by atoms with Crippen molar-refractivity contribution in [1.82, 2.24) is 20.1 Å². The molecule has 0 atom stereocenters. The molecule has 7 heteroatoms. The fraction of sp³-hybridized carbons (Fsp3) is 0.524. The number of hydrogen-bond donors (Lipinski definition) is 1. The molecule has 6 nitrogen and oxygen atoms in total. The molecule has 1 heterocycles. The van der Waals surface area contributed by atoms with Gasteiger partial charge in [0.05, 0.1) is 18.4 Å². The minimum atomic E-state index is -0.688. The van der Waals surface area contributed by atoms with E-state index in [1.807, 2.05) is 18.2 Å². The molecule has 2 aromatic rings. The Kier molecular flexibility index (Phi) is 5.67. The Balaban J connectivity index is 1.43. The van der Waals surface area contributed by atoms with Crippen molar-refractivity contribution in [2.75, 3.05) is 5.75 Å². The van der Waals surface area contributed by atoms with E-state index in [1.54, 1.807) is 0 Å². The van der Waals surface area contributed by atoms with Gasteiger partial charge in [0.25, 0.3) is 0 Å². The van der Waals surface area contributed by atoms with Crippen molar-refractivity contribution in [2.24, 2.45) is 0 Å². The predicted octanol–water partition coefficient (Wildman–Crippen LogP) is 3.64. The number of amides is 1. The van der Waals surface area contributed by atoms with Crippen molar-refractivity contribution in [3.8, 4) is 6.07 Å². The van der Waals surface area contributed by atoms with Crippen molar-refractivity contribution in [3.05, 3.63) is 41.7 Å². The number of nitriles is 1. The van der Waals surface area contributed by atoms with Crippen LogP contribution in [0.15, 0.2) is 35.5 Å². The van der Waals surface area contributed by atoms with Crippen molar-refractivity contribution < 1.29 is 4.79 Å². The van der Waals surface area contributed by atoms with E-state index in [0.717, 1.165) is 55.9 Å². The lowest BCUT2D eigenvalue weighted by molar-refractivity contribution is -0.120. The second kappa shape index (κ2) is 8.36. The Morgan fingerprint density at radius 1 is 1.21 bits per heavy atom. The molecule has 0 bridgehead atoms. The summed E-state index contributed by atoms with van der Waals surface area (Å²) < 4.78 is 2.14. The Morgan fingerprint density at radius 3 is 2.64 bits per heavy atom. The quantitative estimate of drug-likeness (QED) is 0.724. The summed E-state index contributed by atoms with van der Waals surface area (Å²) in [4.78, 5) is 12.5. The topological polar surface area (TPSA) is 83.6 Å². The highest BCUT2D eigenvalue weighted by Gasteiger charge is 2.34. The third kappa shape index (κ3) is 4.39. The highest BCUT2D eigenvalue weighted by Crippen LogP contribution is 2.40. The number of aromatic nitrogens is 3. The third-order valence-electron chi connectivity index (χ3n) is 5.50. The monoisotopic (exact) mass is 395 g/mol. The Bertz CT molecular complexity index is 863. The number of rotatable bonds is 7. The summed E-state index contributed by atoms with van der Waals surface area (Å²) in [5.74, 6) is 1.66. The molecule has 0 spiro atoms. The number of carbonyl (C=O) groups excluding carboxylic acids is 1. The summed E-state index contributed by atoms with van der Waals surface area (Å²) in [6.07, 6.45) is 6.94. The van der Waals surface area contributed by atoms with E-state index in [2.05, 4.69) is 38.3 Å². The first-order valence-electron chi connectivity index (χ1n) is 10.0. The molecule has 1 amide bonds. The third-order valence-corrected chi connectivity index (χ3v) is 6.47. The van der Waals surface area contributed by atoms with Gasteiger partial charge >= 0.3 is 0 Å². The normalized spacial score (nSPS) is 18.4. The van der Waals surface area contributed by atoms with E-state index in [-0.39, 0.29) is 11.7 Å². The lowest BCUT2D eigenvalue weighted by Gasteiger charge is -2.31. The van der Waals surface area contributed by atoms with E-state index < -0.39 is 5.54 Å². The molecule has 0 aliphatic heterocycles. The fourth-order valence-corrected chi connectivity index (χ4v) is 4.56. The molecule has 0 radical (unpaired) electrons. The summed E-state index contributed by atoms with van der Waals surface area (Å²) in [6.45, 7) is 0.714. The smallest absolute Gasteiger partial charge is 0.231 e. The van der Waals surface area contributed by atoms with Gasteiger partial charge in [-0.1, -0.05) is 61.4 Å². The number of nitrogens with one attached hydrogen (secondary N) is 1. The van der Waals surface area contributed by atoms with Gasteiger partial charge in [0.2, 0.25) is 5.91 Å². The summed E-state index contributed by atoms with van der Waals surface area (Å²) in [7, 11) is 0. The average Bonchev–Trinajstić information content (AvgIpc) is 3.50. The van der Waals surface area contributed by atoms with Crippen molar-refractivity contribution in [2.45, 2.75) is 68.1 Å². The molecular weight excluding hydrogens is 370 g/mol. The largest absolute Gasteiger partial charge is 0.337 e. The molecule has 1 N–H and O–H groups in total. The number of thioether (sulfide) groups is 1. The lowest BCUT2D eigenvalue weighted by atomic mass is 9.83. The maximum Gasteiger partial charge on any atom is 0.231 e. The van der Waals surface area contributed by atoms with Crippen LogP contribution < -0.4 is 5.32 Å². The van der Waals surface area contributed by atoms with E-state index in [9.17, 15) is 10.1 Å². The van der Waals surface area contributed by atoms with Gasteiger partial charge in [-0.05, 0) is 31.2 Å². The predicted molar refractivity (Wildman–Crippen MR) is 108 cm³/mol. The highest BCUT2D eigenvalue weighted by atomic mass is 32.2. The van der Waals surface area contributed by atoms with Gasteiger partial charge in [0.15, 0.2) is 5.16 Å². The van der Waals surface area contributed by atoms with Crippen LogP contribution in [0.5, 0.6) is 0 Å². The molecule has 2 fully saturated rings. The van der Waals surface area contributed by atoms with Gasteiger partial charge in [-0.2, -0.15) is 5.26 Å². The van der Waals surface area contributed by atoms with Crippen LogP contribution in [-0.4, -0.2) is 32.0 Å². The Morgan fingerprint density at radius 2 is 1.96 bits per heavy atom. The van der Waals surface area contributed by atoms with Crippen LogP contribution in [-0.2, 0) is 11.3 Å². The first-order valence-corrected chi connectivity index (χ1v) is 11.0. The van der Waals surface area contributed by atoms with Gasteiger partial charge in [-0.15, -0.1) is 10.2 Å². The minimum Gasteiger partial charge on any atom is -0.337 e. The molecule has 2 aliphatic carbocycles. The van der Waals surface area contributed by atoms with Gasteiger partial charge in [-0.25, -0.2) is 0 Å². The second-order valence-electron chi connectivity index (χ2n) is 7.78. The van der Waals surface area contributed by atoms with Crippen LogP contribution in [0.4, 0.5) is 0 Å². The maximum atomic E-state index is 12.5. The standard InChI is InChI=1S/C21H25N5OS/c22-15-21(11-5-2-6-12-21)23-18(27)14-28-20-25-24-19(17-9-10-17)26(20)13-16-7-3-1-4-8-16/h1,3-4,7-8,17H,2,5-6,9-14H2,(H,23,27). The zero-order valence-corrected chi connectivity index (χ0v) is 16.7. The van der Waals surface area contributed by atoms with Crippen molar-refractivity contribution in [1.29, 1.82) is 5.26 Å². The summed E-state index contributed by atoms with van der Waals surface area (Å²) in [5.41, 5.74) is 0.508. The lowest BCUT2D eigenvalue weighted by Crippen LogP contribution is -2.49. The van der Waals surface area contributed by atoms with Gasteiger partial charge in [0, 0.05) is 5.92 Å². The molecule has 1 aromatic carbocycles. The van der Waals surface area contributed by atoms with Gasteiger partial charge in [0.1, 0.15) is 11.4 Å². The molecule has 1 aromatic heterocycles. The van der Waals surface area contributed by atoms with Crippen molar-refractivity contribution >= 4 is 17.7 Å². The first kappa shape index (κ1) is 19.0. The van der Waals surface area contributed by atoms with E-state index in [1.165, 1.54) is 17.3 Å². The molecule has 4 rings (SSSR count). The van der Waals surface area contributed by atoms with E-state index in [0.29, 0.717) is 12.5 Å². The Labute approximate surface area is 169 Å². The van der Waals surface area contributed by atoms with Crippen LogP contribution in [0.3, 0.4) is 0 Å². The summed E-state index contributed by atoms with van der Waals surface area (Å²) in [5, 5.41) is 22.1. The number of nitrogens with zero attached hydrogens (tertiary/aromatic N) is 4. The molecule has 2 aliphatic rings. The Hall–Kier alpha value is -2.33. The maximum absolute atomic E-state index is 12.5. The minimum absolute atomic E-state index is 0.101. The molecular formula is C21H25N5OS. The van der Waals surface area contributed by atoms with Crippen LogP contribution >= 0.6 is 11.8 Å². The number of hydrogen-bond acceptors (Lipinski definition) is 5. The average molecular weight is 396 g/mol. The molecule has 146 valence electrons. The van der Waals surface area contributed by atoms with Gasteiger partial charge in [-0.3, -0.25) is 4.79 Å². The first-order chi connectivity index (χ1) is 13.7. The van der Waals surface area contributed by atoms with Crippen LogP contribution in [0, 0.1) is 11.3 Å². The SMILES string of the molecule is N#CC1(NC(=O)CSc2nnc(C3CC3)n2Cc2ccccc2)CCCCC1. The van der Waals surface area contributed by atoms with Crippen LogP contribution in [0.2, 0.25) is 0 Å². The van der Waals surface area contributed by atoms with E-state index >= 15 is 0 Å². The second-order valence-corrected chi connectivity index (χ2v) is 8.72. The summed E-state index contributed by atoms with van der Waals surface area (Å²) >= 11 is 1.41. The fourth-order valence-electron chi connectivity index (χ4n) is 3.82. The van der Waals surface area contributed by atoms with Gasteiger partial charge < -0.3 is 9.88 Å². The highest BCUT2D eigenvalue weighted by molar-refractivity contribution is 7.99. The van der Waals surface area contributed by atoms with E-state index in [4.69, 9.17) is 0 Å². The van der Waals surface area contributed by atoms with Crippen molar-refractivity contribution in [3.63, 3.8) is 0 Å². The number of carbonyl (C=O) groups is 1. The molecule has 0 saturated heterocycles. The number of benzene rings is 1.